The fourth-order valence-corrected chi connectivity index (χ4v) is 4.66. The van der Waals surface area contributed by atoms with E-state index >= 15 is 0 Å². The average molecular weight is 450 g/mol. The van der Waals surface area contributed by atoms with Crippen molar-refractivity contribution >= 4 is 27.5 Å². The van der Waals surface area contributed by atoms with Gasteiger partial charge < -0.3 is 15.4 Å². The third-order valence-electron chi connectivity index (χ3n) is 5.08. The number of anilines is 1. The second-order valence-electron chi connectivity index (χ2n) is 7.44. The quantitative estimate of drug-likeness (QED) is 0.560. The zero-order valence-corrected chi connectivity index (χ0v) is 18.6. The van der Waals surface area contributed by atoms with Crippen molar-refractivity contribution in [3.05, 3.63) is 89.0 Å². The first kappa shape index (κ1) is 21.6. The van der Waals surface area contributed by atoms with E-state index in [-0.39, 0.29) is 16.6 Å². The number of aryl methyl sites for hydroxylation is 2. The van der Waals surface area contributed by atoms with Crippen LogP contribution in [-0.4, -0.2) is 33.3 Å². The van der Waals surface area contributed by atoms with E-state index in [1.165, 1.54) is 6.07 Å². The van der Waals surface area contributed by atoms with E-state index in [2.05, 4.69) is 15.0 Å². The Morgan fingerprint density at radius 1 is 0.938 bits per heavy atom. The topological polar surface area (TPSA) is 96.9 Å². The van der Waals surface area contributed by atoms with Gasteiger partial charge in [0, 0.05) is 16.8 Å². The van der Waals surface area contributed by atoms with Crippen LogP contribution in [0.1, 0.15) is 27.0 Å². The maximum atomic E-state index is 12.4. The van der Waals surface area contributed by atoms with Crippen molar-refractivity contribution in [2.24, 2.45) is 4.40 Å². The molecule has 164 valence electrons. The van der Waals surface area contributed by atoms with E-state index in [4.69, 9.17) is 4.74 Å². The predicted octanol–water partition coefficient (Wildman–Crippen LogP) is 3.67. The highest BCUT2D eigenvalue weighted by Crippen LogP contribution is 2.26. The molecule has 0 atom stereocenters. The Balaban J connectivity index is 1.33. The molecular formula is C24H23N3O4S. The highest BCUT2D eigenvalue weighted by Gasteiger charge is 2.28. The molecule has 0 bridgehead atoms. The summed E-state index contributed by atoms with van der Waals surface area (Å²) in [5.41, 5.74) is 3.76. The summed E-state index contributed by atoms with van der Waals surface area (Å²) in [5, 5.41) is 5.86. The maximum absolute atomic E-state index is 12.4. The van der Waals surface area contributed by atoms with Crippen molar-refractivity contribution in [3.63, 3.8) is 0 Å². The molecular weight excluding hydrogens is 426 g/mol. The molecule has 4 rings (SSSR count). The van der Waals surface area contributed by atoms with E-state index < -0.39 is 10.0 Å². The second kappa shape index (κ2) is 8.84. The molecule has 32 heavy (non-hydrogen) atoms. The summed E-state index contributed by atoms with van der Waals surface area (Å²) < 4.78 is 33.9. The standard InChI is InChI=1S/C24H23N3O4S/c1-16-6-5-7-17(2)22(16)31-15-14-25-24(28)18-10-12-19(13-11-18)26-23-20-8-3-4-9-21(20)32(29,30)27-23/h3-13H,14-15H2,1-2H3,(H,25,28)(H,26,27). The number of amides is 1. The van der Waals surface area contributed by atoms with Crippen molar-refractivity contribution in [2.75, 3.05) is 18.5 Å². The molecule has 8 heteroatoms. The predicted molar refractivity (Wildman–Crippen MR) is 124 cm³/mol. The largest absolute Gasteiger partial charge is 0.491 e. The molecule has 7 nitrogen and oxygen atoms in total. The van der Waals surface area contributed by atoms with Gasteiger partial charge in [-0.05, 0) is 61.4 Å². The minimum atomic E-state index is -3.69. The van der Waals surface area contributed by atoms with Gasteiger partial charge in [0.05, 0.1) is 6.54 Å². The number of hydrogen-bond acceptors (Lipinski definition) is 5. The molecule has 0 aliphatic carbocycles. The molecule has 2 N–H and O–H groups in total. The van der Waals surface area contributed by atoms with Crippen molar-refractivity contribution in [3.8, 4) is 5.75 Å². The Morgan fingerprint density at radius 2 is 1.62 bits per heavy atom. The first-order valence-electron chi connectivity index (χ1n) is 10.1. The number of nitrogens with one attached hydrogen (secondary N) is 2. The van der Waals surface area contributed by atoms with Crippen LogP contribution >= 0.6 is 0 Å². The minimum Gasteiger partial charge on any atom is -0.491 e. The smallest absolute Gasteiger partial charge is 0.285 e. The molecule has 0 saturated heterocycles. The van der Waals surface area contributed by atoms with Crippen LogP contribution in [0.2, 0.25) is 0 Å². The van der Waals surface area contributed by atoms with Crippen molar-refractivity contribution in [1.29, 1.82) is 0 Å². The number of carbonyl (C=O) groups excluding carboxylic acids is 1. The summed E-state index contributed by atoms with van der Waals surface area (Å²) in [7, 11) is -3.69. The summed E-state index contributed by atoms with van der Waals surface area (Å²) in [6, 6.07) is 19.4. The Morgan fingerprint density at radius 3 is 2.34 bits per heavy atom. The molecule has 3 aromatic rings. The molecule has 0 fully saturated rings. The number of carbonyl (C=O) groups is 1. The number of nitrogens with zero attached hydrogens (tertiary/aromatic N) is 1. The molecule has 0 unspecified atom stereocenters. The van der Waals surface area contributed by atoms with Gasteiger partial charge in [-0.25, -0.2) is 0 Å². The zero-order valence-electron chi connectivity index (χ0n) is 17.8. The molecule has 1 aliphatic heterocycles. The Kier molecular flexibility index (Phi) is 5.96. The lowest BCUT2D eigenvalue weighted by atomic mass is 10.1. The van der Waals surface area contributed by atoms with Crippen LogP contribution in [0.3, 0.4) is 0 Å². The van der Waals surface area contributed by atoms with Gasteiger partial charge in [0.25, 0.3) is 15.9 Å². The summed E-state index contributed by atoms with van der Waals surface area (Å²) in [6.45, 7) is 4.71. The number of fused-ring (bicyclic) bond motifs is 1. The lowest BCUT2D eigenvalue weighted by Crippen LogP contribution is -2.28. The van der Waals surface area contributed by atoms with Crippen molar-refractivity contribution in [1.82, 2.24) is 5.32 Å². The fraction of sp³-hybridized carbons (Fsp3) is 0.167. The van der Waals surface area contributed by atoms with Crippen LogP contribution in [-0.2, 0) is 10.0 Å². The highest BCUT2D eigenvalue weighted by atomic mass is 32.2. The SMILES string of the molecule is Cc1cccc(C)c1OCCNC(=O)c1ccc(NC2=NS(=O)(=O)c3ccccc32)cc1. The Bertz CT molecular complexity index is 1280. The number of rotatable bonds is 6. The van der Waals surface area contributed by atoms with Gasteiger partial charge >= 0.3 is 0 Å². The van der Waals surface area contributed by atoms with Gasteiger partial charge in [-0.2, -0.15) is 8.42 Å². The van der Waals surface area contributed by atoms with Crippen LogP contribution in [0.15, 0.2) is 76.0 Å². The van der Waals surface area contributed by atoms with E-state index in [9.17, 15) is 13.2 Å². The monoisotopic (exact) mass is 449 g/mol. The highest BCUT2D eigenvalue weighted by molar-refractivity contribution is 7.90. The molecule has 0 saturated carbocycles. The lowest BCUT2D eigenvalue weighted by molar-refractivity contribution is 0.0947. The lowest BCUT2D eigenvalue weighted by Gasteiger charge is -2.12. The van der Waals surface area contributed by atoms with Gasteiger partial charge in [0.1, 0.15) is 17.3 Å². The molecule has 0 radical (unpaired) electrons. The second-order valence-corrected chi connectivity index (χ2v) is 9.01. The molecule has 1 aliphatic rings. The first-order chi connectivity index (χ1) is 15.3. The minimum absolute atomic E-state index is 0.182. The number of sulfonamides is 1. The molecule has 0 spiro atoms. The normalized spacial score (nSPS) is 13.8. The van der Waals surface area contributed by atoms with Gasteiger partial charge in [-0.1, -0.05) is 30.3 Å². The van der Waals surface area contributed by atoms with Crippen molar-refractivity contribution in [2.45, 2.75) is 18.7 Å². The first-order valence-corrected chi connectivity index (χ1v) is 11.6. The fourth-order valence-electron chi connectivity index (χ4n) is 3.48. The van der Waals surface area contributed by atoms with E-state index in [1.807, 2.05) is 32.0 Å². The van der Waals surface area contributed by atoms with Crippen LogP contribution < -0.4 is 15.4 Å². The number of hydrogen-bond donors (Lipinski definition) is 2. The van der Waals surface area contributed by atoms with Gasteiger partial charge in [0.15, 0.2) is 5.84 Å². The maximum Gasteiger partial charge on any atom is 0.285 e. The number of amidine groups is 1. The summed E-state index contributed by atoms with van der Waals surface area (Å²) >= 11 is 0. The zero-order chi connectivity index (χ0) is 22.7. The molecule has 0 aromatic heterocycles. The van der Waals surface area contributed by atoms with Crippen LogP contribution in [0, 0.1) is 13.8 Å². The number of ether oxygens (including phenoxy) is 1. The van der Waals surface area contributed by atoms with E-state index in [0.717, 1.165) is 16.9 Å². The third kappa shape index (κ3) is 4.50. The van der Waals surface area contributed by atoms with Crippen LogP contribution in [0.4, 0.5) is 5.69 Å². The third-order valence-corrected chi connectivity index (χ3v) is 6.42. The van der Waals surface area contributed by atoms with Gasteiger partial charge in [0.2, 0.25) is 0 Å². The Labute approximate surface area is 187 Å². The number of benzene rings is 3. The van der Waals surface area contributed by atoms with Crippen LogP contribution in [0.5, 0.6) is 5.75 Å². The summed E-state index contributed by atoms with van der Waals surface area (Å²) in [4.78, 5) is 12.6. The van der Waals surface area contributed by atoms with Crippen LogP contribution in [0.25, 0.3) is 0 Å². The van der Waals surface area contributed by atoms with Crippen molar-refractivity contribution < 1.29 is 17.9 Å². The van der Waals surface area contributed by atoms with E-state index in [1.54, 1.807) is 42.5 Å². The summed E-state index contributed by atoms with van der Waals surface area (Å²) in [6.07, 6.45) is 0. The average Bonchev–Trinajstić information content (AvgIpc) is 3.03. The van der Waals surface area contributed by atoms with Gasteiger partial charge in [-0.3, -0.25) is 4.79 Å². The molecule has 1 amide bonds. The van der Waals surface area contributed by atoms with E-state index in [0.29, 0.717) is 30.0 Å². The van der Waals surface area contributed by atoms with Gasteiger partial charge in [-0.15, -0.1) is 4.40 Å². The molecule has 1 heterocycles. The summed E-state index contributed by atoms with van der Waals surface area (Å²) in [5.74, 6) is 0.893. The number of para-hydroxylation sites is 1. The Hall–Kier alpha value is -3.65. The molecule has 3 aromatic carbocycles.